The standard InChI is InChI=1S/C17H23N3O/c1-13-3-5-15(6-4-13)12-19-17(21)16-7-9-20(10-8-16)14(2)11-18/h3-6,14,16H,7-10,12H2,1-2H3,(H,19,21)/t14-/m0/s1. The van der Waals surface area contributed by atoms with E-state index in [1.54, 1.807) is 0 Å². The number of nitrogens with one attached hydrogen (secondary N) is 1. The van der Waals surface area contributed by atoms with E-state index in [2.05, 4.69) is 35.3 Å². The van der Waals surface area contributed by atoms with Crippen LogP contribution in [0, 0.1) is 24.2 Å². The van der Waals surface area contributed by atoms with Gasteiger partial charge in [-0.05, 0) is 32.3 Å². The molecule has 0 saturated carbocycles. The van der Waals surface area contributed by atoms with E-state index in [-0.39, 0.29) is 17.9 Å². The molecule has 1 heterocycles. The van der Waals surface area contributed by atoms with Gasteiger partial charge in [-0.3, -0.25) is 9.69 Å². The third kappa shape index (κ3) is 4.30. The number of hydrogen-bond donors (Lipinski definition) is 1. The van der Waals surface area contributed by atoms with Gasteiger partial charge in [0.25, 0.3) is 0 Å². The van der Waals surface area contributed by atoms with Crippen molar-refractivity contribution in [2.45, 2.75) is 39.3 Å². The van der Waals surface area contributed by atoms with Crippen molar-refractivity contribution in [1.29, 1.82) is 5.26 Å². The van der Waals surface area contributed by atoms with E-state index in [0.717, 1.165) is 31.5 Å². The molecule has 1 N–H and O–H groups in total. The summed E-state index contributed by atoms with van der Waals surface area (Å²) in [5, 5.41) is 11.9. The first-order chi connectivity index (χ1) is 10.1. The summed E-state index contributed by atoms with van der Waals surface area (Å²) in [6.45, 7) is 6.22. The highest BCUT2D eigenvalue weighted by Gasteiger charge is 2.26. The summed E-state index contributed by atoms with van der Waals surface area (Å²) in [7, 11) is 0. The maximum Gasteiger partial charge on any atom is 0.223 e. The first-order valence-corrected chi connectivity index (χ1v) is 7.57. The smallest absolute Gasteiger partial charge is 0.223 e. The molecule has 4 nitrogen and oxygen atoms in total. The normalized spacial score (nSPS) is 18.0. The van der Waals surface area contributed by atoms with Crippen molar-refractivity contribution in [1.82, 2.24) is 10.2 Å². The van der Waals surface area contributed by atoms with E-state index in [4.69, 9.17) is 5.26 Å². The van der Waals surface area contributed by atoms with Gasteiger partial charge in [-0.1, -0.05) is 29.8 Å². The largest absolute Gasteiger partial charge is 0.352 e. The Labute approximate surface area is 126 Å². The minimum atomic E-state index is -0.0541. The third-order valence-corrected chi connectivity index (χ3v) is 4.22. The molecule has 112 valence electrons. The minimum absolute atomic E-state index is 0.0541. The van der Waals surface area contributed by atoms with E-state index in [1.807, 2.05) is 19.1 Å². The predicted molar refractivity (Wildman–Crippen MR) is 82.4 cm³/mol. The van der Waals surface area contributed by atoms with Crippen LogP contribution < -0.4 is 5.32 Å². The highest BCUT2D eigenvalue weighted by Crippen LogP contribution is 2.19. The Kier molecular flexibility index (Phi) is 5.35. The van der Waals surface area contributed by atoms with Crippen LogP contribution in [-0.2, 0) is 11.3 Å². The first-order valence-electron chi connectivity index (χ1n) is 7.57. The number of hydrogen-bond acceptors (Lipinski definition) is 3. The molecule has 0 aliphatic carbocycles. The van der Waals surface area contributed by atoms with E-state index < -0.39 is 0 Å². The fourth-order valence-electron chi connectivity index (χ4n) is 2.67. The third-order valence-electron chi connectivity index (χ3n) is 4.22. The topological polar surface area (TPSA) is 56.1 Å². The Bertz CT molecular complexity index is 510. The van der Waals surface area contributed by atoms with E-state index in [0.29, 0.717) is 6.54 Å². The maximum atomic E-state index is 12.2. The zero-order valence-electron chi connectivity index (χ0n) is 12.8. The number of nitriles is 1. The summed E-state index contributed by atoms with van der Waals surface area (Å²) in [5.74, 6) is 0.220. The molecule has 1 amide bonds. The van der Waals surface area contributed by atoms with Crippen molar-refractivity contribution in [3.63, 3.8) is 0 Å². The van der Waals surface area contributed by atoms with E-state index in [9.17, 15) is 4.79 Å². The van der Waals surface area contributed by atoms with Gasteiger partial charge in [0.2, 0.25) is 5.91 Å². The number of amides is 1. The lowest BCUT2D eigenvalue weighted by molar-refractivity contribution is -0.126. The number of aryl methyl sites for hydroxylation is 1. The molecule has 1 fully saturated rings. The van der Waals surface area contributed by atoms with Gasteiger partial charge in [0.05, 0.1) is 12.1 Å². The molecule has 0 aromatic heterocycles. The van der Waals surface area contributed by atoms with Crippen LogP contribution in [0.1, 0.15) is 30.9 Å². The van der Waals surface area contributed by atoms with Crippen LogP contribution in [0.3, 0.4) is 0 Å². The molecular formula is C17H23N3O. The van der Waals surface area contributed by atoms with Gasteiger partial charge >= 0.3 is 0 Å². The summed E-state index contributed by atoms with van der Waals surface area (Å²) in [6, 6.07) is 10.4. The summed E-state index contributed by atoms with van der Waals surface area (Å²) in [4.78, 5) is 14.3. The molecule has 1 atom stereocenters. The number of nitrogens with zero attached hydrogens (tertiary/aromatic N) is 2. The molecular weight excluding hydrogens is 262 g/mol. The van der Waals surface area contributed by atoms with Gasteiger partial charge in [0, 0.05) is 25.6 Å². The molecule has 21 heavy (non-hydrogen) atoms. The van der Waals surface area contributed by atoms with Gasteiger partial charge in [0.1, 0.15) is 0 Å². The van der Waals surface area contributed by atoms with Crippen LogP contribution >= 0.6 is 0 Å². The molecule has 1 saturated heterocycles. The Morgan fingerprint density at radius 2 is 2.00 bits per heavy atom. The molecule has 2 rings (SSSR count). The van der Waals surface area contributed by atoms with Crippen molar-refractivity contribution in [2.24, 2.45) is 5.92 Å². The van der Waals surface area contributed by atoms with Crippen LogP contribution in [0.2, 0.25) is 0 Å². The van der Waals surface area contributed by atoms with Crippen LogP contribution in [0.25, 0.3) is 0 Å². The first kappa shape index (κ1) is 15.5. The quantitative estimate of drug-likeness (QED) is 0.923. The van der Waals surface area contributed by atoms with Crippen molar-refractivity contribution < 1.29 is 4.79 Å². The summed E-state index contributed by atoms with van der Waals surface area (Å²) in [5.41, 5.74) is 2.36. The number of rotatable bonds is 4. The number of likely N-dealkylation sites (tertiary alicyclic amines) is 1. The van der Waals surface area contributed by atoms with E-state index >= 15 is 0 Å². The highest BCUT2D eigenvalue weighted by molar-refractivity contribution is 5.78. The minimum Gasteiger partial charge on any atom is -0.352 e. The zero-order chi connectivity index (χ0) is 15.2. The summed E-state index contributed by atoms with van der Waals surface area (Å²) < 4.78 is 0. The lowest BCUT2D eigenvalue weighted by Crippen LogP contribution is -2.43. The van der Waals surface area contributed by atoms with Crippen molar-refractivity contribution in [3.8, 4) is 6.07 Å². The lowest BCUT2D eigenvalue weighted by atomic mass is 9.95. The van der Waals surface area contributed by atoms with Gasteiger partial charge in [-0.25, -0.2) is 0 Å². The number of carbonyl (C=O) groups is 1. The molecule has 1 aliphatic heterocycles. The lowest BCUT2D eigenvalue weighted by Gasteiger charge is -2.32. The fraction of sp³-hybridized carbons (Fsp3) is 0.529. The molecule has 1 aromatic carbocycles. The molecule has 1 aromatic rings. The van der Waals surface area contributed by atoms with Gasteiger partial charge in [-0.15, -0.1) is 0 Å². The monoisotopic (exact) mass is 285 g/mol. The van der Waals surface area contributed by atoms with Crippen molar-refractivity contribution in [2.75, 3.05) is 13.1 Å². The average molecular weight is 285 g/mol. The maximum absolute atomic E-state index is 12.2. The van der Waals surface area contributed by atoms with Crippen molar-refractivity contribution in [3.05, 3.63) is 35.4 Å². The second-order valence-corrected chi connectivity index (χ2v) is 5.82. The molecule has 0 unspecified atom stereocenters. The number of carbonyl (C=O) groups excluding carboxylic acids is 1. The SMILES string of the molecule is Cc1ccc(CNC(=O)C2CCN([C@@H](C)C#N)CC2)cc1. The van der Waals surface area contributed by atoms with Gasteiger partial charge in [0.15, 0.2) is 0 Å². The van der Waals surface area contributed by atoms with Crippen LogP contribution in [-0.4, -0.2) is 29.9 Å². The number of benzene rings is 1. The van der Waals surface area contributed by atoms with Gasteiger partial charge < -0.3 is 5.32 Å². The van der Waals surface area contributed by atoms with E-state index in [1.165, 1.54) is 5.56 Å². The molecule has 4 heteroatoms. The molecule has 0 radical (unpaired) electrons. The Morgan fingerprint density at radius 1 is 1.38 bits per heavy atom. The van der Waals surface area contributed by atoms with Crippen LogP contribution in [0.5, 0.6) is 0 Å². The Balaban J connectivity index is 1.77. The predicted octanol–water partition coefficient (Wildman–Crippen LogP) is 2.24. The zero-order valence-corrected chi connectivity index (χ0v) is 12.8. The fourth-order valence-corrected chi connectivity index (χ4v) is 2.67. The molecule has 1 aliphatic rings. The summed E-state index contributed by atoms with van der Waals surface area (Å²) in [6.07, 6.45) is 1.68. The molecule has 0 bridgehead atoms. The van der Waals surface area contributed by atoms with Crippen LogP contribution in [0.4, 0.5) is 0 Å². The average Bonchev–Trinajstić information content (AvgIpc) is 2.53. The Hall–Kier alpha value is -1.86. The second kappa shape index (κ2) is 7.24. The van der Waals surface area contributed by atoms with Crippen LogP contribution in [0.15, 0.2) is 24.3 Å². The summed E-state index contributed by atoms with van der Waals surface area (Å²) >= 11 is 0. The van der Waals surface area contributed by atoms with Crippen molar-refractivity contribution >= 4 is 5.91 Å². The molecule has 0 spiro atoms. The highest BCUT2D eigenvalue weighted by atomic mass is 16.1. The Morgan fingerprint density at radius 3 is 2.57 bits per heavy atom. The number of piperidine rings is 1. The second-order valence-electron chi connectivity index (χ2n) is 5.82. The van der Waals surface area contributed by atoms with Gasteiger partial charge in [-0.2, -0.15) is 5.26 Å².